The Bertz CT molecular complexity index is 604. The van der Waals surface area contributed by atoms with Crippen LogP contribution in [-0.4, -0.2) is 42.5 Å². The van der Waals surface area contributed by atoms with Crippen LogP contribution in [0.15, 0.2) is 29.4 Å². The van der Waals surface area contributed by atoms with Gasteiger partial charge in [0.1, 0.15) is 11.7 Å². The Hall–Kier alpha value is -2.50. The van der Waals surface area contributed by atoms with Crippen LogP contribution in [0.1, 0.15) is 22.8 Å². The third-order valence-corrected chi connectivity index (χ3v) is 3.11. The summed E-state index contributed by atoms with van der Waals surface area (Å²) < 4.78 is 4.61. The number of benzene rings is 1. The Balaban J connectivity index is 2.36. The molecule has 6 nitrogen and oxygen atoms in total. The minimum Gasteiger partial charge on any atom is -0.465 e. The summed E-state index contributed by atoms with van der Waals surface area (Å²) in [5, 5.41) is 5.26. The first kappa shape index (κ1) is 13.9. The van der Waals surface area contributed by atoms with E-state index in [1.165, 1.54) is 21.1 Å². The fourth-order valence-corrected chi connectivity index (χ4v) is 2.06. The van der Waals surface area contributed by atoms with E-state index < -0.39 is 11.9 Å². The maximum Gasteiger partial charge on any atom is 0.337 e. The van der Waals surface area contributed by atoms with E-state index in [9.17, 15) is 14.4 Å². The minimum absolute atomic E-state index is 0.254. The predicted octanol–water partition coefficient (Wildman–Crippen LogP) is 0.854. The van der Waals surface area contributed by atoms with E-state index in [1.54, 1.807) is 24.3 Å². The fraction of sp³-hybridized carbons (Fsp3) is 0.286. The molecule has 104 valence electrons. The highest BCUT2D eigenvalue weighted by Crippen LogP contribution is 2.21. The monoisotopic (exact) mass is 274 g/mol. The van der Waals surface area contributed by atoms with Crippen molar-refractivity contribution in [3.05, 3.63) is 35.4 Å². The van der Waals surface area contributed by atoms with Gasteiger partial charge in [-0.05, 0) is 24.6 Å². The molecule has 1 heterocycles. The Morgan fingerprint density at radius 2 is 1.85 bits per heavy atom. The van der Waals surface area contributed by atoms with Gasteiger partial charge < -0.3 is 4.74 Å². The van der Waals surface area contributed by atoms with E-state index in [0.717, 1.165) is 5.01 Å². The second kappa shape index (κ2) is 5.24. The molecule has 0 aliphatic carbocycles. The van der Waals surface area contributed by atoms with Gasteiger partial charge >= 0.3 is 5.97 Å². The van der Waals surface area contributed by atoms with E-state index >= 15 is 0 Å². The van der Waals surface area contributed by atoms with Crippen molar-refractivity contribution in [2.45, 2.75) is 6.92 Å². The fourth-order valence-electron chi connectivity index (χ4n) is 2.06. The number of nitrogens with zero attached hydrogens (tertiary/aromatic N) is 2. The Morgan fingerprint density at radius 1 is 1.25 bits per heavy atom. The van der Waals surface area contributed by atoms with Crippen molar-refractivity contribution < 1.29 is 19.1 Å². The van der Waals surface area contributed by atoms with E-state index in [-0.39, 0.29) is 11.7 Å². The lowest BCUT2D eigenvalue weighted by Gasteiger charge is -2.08. The van der Waals surface area contributed by atoms with Gasteiger partial charge in [-0.2, -0.15) is 5.10 Å². The maximum atomic E-state index is 11.9. The molecule has 2 rings (SSSR count). The van der Waals surface area contributed by atoms with Gasteiger partial charge in [0, 0.05) is 7.05 Å². The second-order valence-corrected chi connectivity index (χ2v) is 4.46. The summed E-state index contributed by atoms with van der Waals surface area (Å²) in [7, 11) is 2.81. The van der Waals surface area contributed by atoms with E-state index in [2.05, 4.69) is 9.84 Å². The van der Waals surface area contributed by atoms with Crippen LogP contribution >= 0.6 is 0 Å². The summed E-state index contributed by atoms with van der Waals surface area (Å²) in [4.78, 5) is 34.8. The minimum atomic E-state index is -0.871. The number of hydrogen-bond donors (Lipinski definition) is 0. The lowest BCUT2D eigenvalue weighted by Crippen LogP contribution is -2.30. The van der Waals surface area contributed by atoms with Crippen molar-refractivity contribution in [2.24, 2.45) is 11.0 Å². The average Bonchev–Trinajstić information content (AvgIpc) is 2.74. The summed E-state index contributed by atoms with van der Waals surface area (Å²) in [6.07, 6.45) is 0. The highest BCUT2D eigenvalue weighted by atomic mass is 16.5. The molecule has 1 atom stereocenters. The van der Waals surface area contributed by atoms with Crippen LogP contribution in [0.2, 0.25) is 0 Å². The van der Waals surface area contributed by atoms with Crippen LogP contribution in [0, 0.1) is 5.92 Å². The highest BCUT2D eigenvalue weighted by molar-refractivity contribution is 6.27. The molecule has 0 spiro atoms. The molecule has 1 amide bonds. The Labute approximate surface area is 116 Å². The third-order valence-electron chi connectivity index (χ3n) is 3.11. The van der Waals surface area contributed by atoms with Crippen molar-refractivity contribution in [1.29, 1.82) is 0 Å². The molecular weight excluding hydrogens is 260 g/mol. The normalized spacial score (nSPS) is 17.9. The van der Waals surface area contributed by atoms with Crippen molar-refractivity contribution >= 4 is 23.4 Å². The van der Waals surface area contributed by atoms with Gasteiger partial charge in [-0.25, -0.2) is 9.80 Å². The van der Waals surface area contributed by atoms with Crippen LogP contribution in [-0.2, 0) is 14.3 Å². The molecule has 1 aromatic carbocycles. The molecule has 1 unspecified atom stereocenters. The van der Waals surface area contributed by atoms with Crippen LogP contribution in [0.5, 0.6) is 0 Å². The van der Waals surface area contributed by atoms with Crippen molar-refractivity contribution in [2.75, 3.05) is 14.2 Å². The maximum absolute atomic E-state index is 11.9. The standard InChI is InChI=1S/C14H14N2O4/c1-8(17)11-12(15-16(2)13(11)18)9-4-6-10(7-5-9)14(19)20-3/h4-7,11H,1-3H3. The lowest BCUT2D eigenvalue weighted by molar-refractivity contribution is -0.135. The molecule has 1 aliphatic rings. The van der Waals surface area contributed by atoms with E-state index in [0.29, 0.717) is 16.8 Å². The van der Waals surface area contributed by atoms with Crippen LogP contribution in [0.4, 0.5) is 0 Å². The summed E-state index contributed by atoms with van der Waals surface area (Å²) >= 11 is 0. The van der Waals surface area contributed by atoms with Gasteiger partial charge in [-0.1, -0.05) is 12.1 Å². The Kier molecular flexibility index (Phi) is 3.65. The number of hydrogen-bond acceptors (Lipinski definition) is 5. The molecule has 20 heavy (non-hydrogen) atoms. The predicted molar refractivity (Wildman–Crippen MR) is 71.3 cm³/mol. The highest BCUT2D eigenvalue weighted by Gasteiger charge is 2.38. The first-order chi connectivity index (χ1) is 9.45. The zero-order valence-corrected chi connectivity index (χ0v) is 11.4. The zero-order valence-electron chi connectivity index (χ0n) is 11.4. The second-order valence-electron chi connectivity index (χ2n) is 4.46. The molecule has 6 heteroatoms. The van der Waals surface area contributed by atoms with E-state index in [1.807, 2.05) is 0 Å². The van der Waals surface area contributed by atoms with Gasteiger partial charge in [-0.3, -0.25) is 9.59 Å². The molecular formula is C14H14N2O4. The number of carbonyl (C=O) groups excluding carboxylic acids is 3. The molecule has 0 aromatic heterocycles. The number of methoxy groups -OCH3 is 1. The summed E-state index contributed by atoms with van der Waals surface area (Å²) in [6.45, 7) is 1.36. The van der Waals surface area contributed by atoms with Gasteiger partial charge in [-0.15, -0.1) is 0 Å². The largest absolute Gasteiger partial charge is 0.465 e. The molecule has 0 saturated heterocycles. The number of ketones is 1. The summed E-state index contributed by atoms with van der Waals surface area (Å²) in [6, 6.07) is 6.44. The molecule has 0 N–H and O–H groups in total. The molecule has 0 radical (unpaired) electrons. The van der Waals surface area contributed by atoms with Gasteiger partial charge in [0.15, 0.2) is 0 Å². The SMILES string of the molecule is COC(=O)c1ccc(C2=NN(C)C(=O)C2C(C)=O)cc1. The molecule has 0 saturated carbocycles. The van der Waals surface area contributed by atoms with Crippen LogP contribution in [0.25, 0.3) is 0 Å². The van der Waals surface area contributed by atoms with Crippen molar-refractivity contribution in [3.63, 3.8) is 0 Å². The first-order valence-electron chi connectivity index (χ1n) is 6.01. The number of carbonyl (C=O) groups is 3. The third kappa shape index (κ3) is 2.32. The number of amides is 1. The van der Waals surface area contributed by atoms with E-state index in [4.69, 9.17) is 0 Å². The van der Waals surface area contributed by atoms with Crippen molar-refractivity contribution in [3.8, 4) is 0 Å². The van der Waals surface area contributed by atoms with Crippen LogP contribution < -0.4 is 0 Å². The Morgan fingerprint density at radius 3 is 2.35 bits per heavy atom. The first-order valence-corrected chi connectivity index (χ1v) is 6.01. The molecule has 0 fully saturated rings. The summed E-state index contributed by atoms with van der Waals surface area (Å²) in [5.74, 6) is -1.91. The topological polar surface area (TPSA) is 76.0 Å². The quantitative estimate of drug-likeness (QED) is 0.605. The van der Waals surface area contributed by atoms with Gasteiger partial charge in [0.25, 0.3) is 5.91 Å². The van der Waals surface area contributed by atoms with Crippen molar-refractivity contribution in [1.82, 2.24) is 5.01 Å². The average molecular weight is 274 g/mol. The number of Topliss-reactive ketones (excluding diaryl/α,β-unsaturated/α-hetero) is 1. The number of rotatable bonds is 3. The van der Waals surface area contributed by atoms with Gasteiger partial charge in [0.2, 0.25) is 0 Å². The van der Waals surface area contributed by atoms with Crippen LogP contribution in [0.3, 0.4) is 0 Å². The molecule has 0 bridgehead atoms. The molecule has 1 aliphatic heterocycles. The molecule has 1 aromatic rings. The lowest BCUT2D eigenvalue weighted by atomic mass is 9.93. The summed E-state index contributed by atoms with van der Waals surface area (Å²) in [5.41, 5.74) is 1.44. The number of hydrazone groups is 1. The number of ether oxygens (including phenoxy) is 1. The number of esters is 1. The zero-order chi connectivity index (χ0) is 14.9. The smallest absolute Gasteiger partial charge is 0.337 e. The van der Waals surface area contributed by atoms with Gasteiger partial charge in [0.05, 0.1) is 18.4 Å².